The van der Waals surface area contributed by atoms with Gasteiger partial charge in [0.1, 0.15) is 0 Å². The van der Waals surface area contributed by atoms with E-state index in [9.17, 15) is 13.6 Å². The van der Waals surface area contributed by atoms with Crippen LogP contribution >= 0.6 is 0 Å². The summed E-state index contributed by atoms with van der Waals surface area (Å²) >= 11 is 0. The lowest BCUT2D eigenvalue weighted by Gasteiger charge is -2.36. The van der Waals surface area contributed by atoms with Crippen LogP contribution in [0.3, 0.4) is 0 Å². The molecule has 2 atom stereocenters. The first kappa shape index (κ1) is 16.4. The Morgan fingerprint density at radius 1 is 1.42 bits per heavy atom. The average molecular weight is 334 g/mol. The molecule has 2 amide bonds. The molecule has 1 saturated heterocycles. The summed E-state index contributed by atoms with van der Waals surface area (Å²) in [7, 11) is 0. The van der Waals surface area contributed by atoms with E-state index in [1.165, 1.54) is 12.1 Å². The fraction of sp³-hybridized carbons (Fsp3) is 0.412. The number of likely N-dealkylation sites (tertiary alicyclic amines) is 1. The Labute approximate surface area is 139 Å². The molecule has 1 aromatic heterocycles. The number of nitrogens with one attached hydrogen (secondary N) is 2. The van der Waals surface area contributed by atoms with E-state index in [0.29, 0.717) is 6.54 Å². The van der Waals surface area contributed by atoms with Gasteiger partial charge in [-0.1, -0.05) is 12.1 Å². The lowest BCUT2D eigenvalue weighted by atomic mass is 9.98. The first-order chi connectivity index (χ1) is 11.6. The van der Waals surface area contributed by atoms with Gasteiger partial charge >= 0.3 is 6.03 Å². The number of urea groups is 1. The maximum Gasteiger partial charge on any atom is 0.318 e. The number of aromatic nitrogens is 2. The fourth-order valence-corrected chi connectivity index (χ4v) is 3.17. The molecule has 5 nitrogen and oxygen atoms in total. The van der Waals surface area contributed by atoms with Crippen LogP contribution in [0.5, 0.6) is 0 Å². The highest BCUT2D eigenvalue weighted by atomic mass is 19.2. The summed E-state index contributed by atoms with van der Waals surface area (Å²) in [6.45, 7) is 2.27. The number of amides is 2. The standard InChI is InChI=1S/C17H20F2N4O/c1-11(13-5-4-6-14(18)16(13)19)22-17(24)23-8-3-2-7-15(23)12-9-20-21-10-12/h4-6,9-11,15H,2-3,7-8H2,1H3,(H,20,21)(H,22,24). The van der Waals surface area contributed by atoms with Gasteiger partial charge in [-0.2, -0.15) is 5.10 Å². The van der Waals surface area contributed by atoms with Crippen LogP contribution < -0.4 is 5.32 Å². The Bertz CT molecular complexity index is 705. The summed E-state index contributed by atoms with van der Waals surface area (Å²) in [6, 6.07) is 3.02. The maximum atomic E-state index is 13.9. The molecule has 1 fully saturated rings. The zero-order valence-electron chi connectivity index (χ0n) is 13.4. The molecule has 2 aromatic rings. The van der Waals surface area contributed by atoms with Gasteiger partial charge in [-0.05, 0) is 32.3 Å². The van der Waals surface area contributed by atoms with Gasteiger partial charge in [0.05, 0.1) is 18.3 Å². The molecule has 0 radical (unpaired) electrons. The van der Waals surface area contributed by atoms with E-state index in [1.54, 1.807) is 24.2 Å². The monoisotopic (exact) mass is 334 g/mol. The van der Waals surface area contributed by atoms with Gasteiger partial charge in [-0.3, -0.25) is 5.10 Å². The third-order valence-corrected chi connectivity index (χ3v) is 4.46. The number of piperidine rings is 1. The summed E-state index contributed by atoms with van der Waals surface area (Å²) < 4.78 is 27.3. The normalized spacial score (nSPS) is 19.1. The van der Waals surface area contributed by atoms with Gasteiger partial charge in [-0.25, -0.2) is 13.6 Å². The van der Waals surface area contributed by atoms with Crippen molar-refractivity contribution in [3.8, 4) is 0 Å². The van der Waals surface area contributed by atoms with Crippen LogP contribution in [0, 0.1) is 11.6 Å². The minimum absolute atomic E-state index is 0.0537. The molecular weight excluding hydrogens is 314 g/mol. The molecule has 128 valence electrons. The maximum absolute atomic E-state index is 13.9. The van der Waals surface area contributed by atoms with Crippen LogP contribution in [-0.2, 0) is 0 Å². The number of aromatic amines is 1. The van der Waals surface area contributed by atoms with Crippen molar-refractivity contribution in [3.05, 3.63) is 53.4 Å². The smallest absolute Gasteiger partial charge is 0.318 e. The highest BCUT2D eigenvalue weighted by Crippen LogP contribution is 2.30. The van der Waals surface area contributed by atoms with E-state index < -0.39 is 17.7 Å². The molecule has 2 heterocycles. The minimum atomic E-state index is -0.921. The van der Waals surface area contributed by atoms with Crippen LogP contribution in [0.25, 0.3) is 0 Å². The topological polar surface area (TPSA) is 61.0 Å². The molecule has 0 spiro atoms. The zero-order chi connectivity index (χ0) is 17.1. The molecule has 1 aromatic carbocycles. The summed E-state index contributed by atoms with van der Waals surface area (Å²) in [5.74, 6) is -1.84. The van der Waals surface area contributed by atoms with E-state index in [2.05, 4.69) is 15.5 Å². The van der Waals surface area contributed by atoms with E-state index >= 15 is 0 Å². The van der Waals surface area contributed by atoms with Crippen LogP contribution in [-0.4, -0.2) is 27.7 Å². The second-order valence-corrected chi connectivity index (χ2v) is 6.05. The van der Waals surface area contributed by atoms with E-state index in [-0.39, 0.29) is 17.6 Å². The molecule has 1 aliphatic rings. The fourth-order valence-electron chi connectivity index (χ4n) is 3.17. The summed E-state index contributed by atoms with van der Waals surface area (Å²) in [6.07, 6.45) is 6.31. The summed E-state index contributed by atoms with van der Waals surface area (Å²) in [5, 5.41) is 9.49. The van der Waals surface area contributed by atoms with Crippen LogP contribution in [0.1, 0.15) is 49.4 Å². The van der Waals surface area contributed by atoms with Crippen molar-refractivity contribution < 1.29 is 13.6 Å². The Balaban J connectivity index is 1.74. The molecule has 2 N–H and O–H groups in total. The zero-order valence-corrected chi connectivity index (χ0v) is 13.4. The van der Waals surface area contributed by atoms with Gasteiger partial charge in [0.2, 0.25) is 0 Å². The highest BCUT2D eigenvalue weighted by molar-refractivity contribution is 5.75. The molecule has 3 rings (SSSR count). The molecule has 7 heteroatoms. The second kappa shape index (κ2) is 6.98. The predicted molar refractivity (Wildman–Crippen MR) is 85.2 cm³/mol. The second-order valence-electron chi connectivity index (χ2n) is 6.05. The van der Waals surface area contributed by atoms with E-state index in [1.807, 2.05) is 0 Å². The third kappa shape index (κ3) is 3.25. The number of H-pyrrole nitrogens is 1. The Hall–Kier alpha value is -2.44. The number of carbonyl (C=O) groups excluding carboxylic acids is 1. The van der Waals surface area contributed by atoms with Crippen molar-refractivity contribution in [2.45, 2.75) is 38.3 Å². The van der Waals surface area contributed by atoms with Crippen molar-refractivity contribution in [2.75, 3.05) is 6.54 Å². The molecular formula is C17H20F2N4O. The molecule has 24 heavy (non-hydrogen) atoms. The molecule has 1 aliphatic heterocycles. The van der Waals surface area contributed by atoms with Crippen molar-refractivity contribution >= 4 is 6.03 Å². The Morgan fingerprint density at radius 3 is 3.00 bits per heavy atom. The van der Waals surface area contributed by atoms with Crippen LogP contribution in [0.15, 0.2) is 30.6 Å². The number of benzene rings is 1. The number of halogens is 2. The first-order valence-corrected chi connectivity index (χ1v) is 8.07. The third-order valence-electron chi connectivity index (χ3n) is 4.46. The highest BCUT2D eigenvalue weighted by Gasteiger charge is 2.29. The molecule has 0 saturated carbocycles. The average Bonchev–Trinajstić information content (AvgIpc) is 3.11. The van der Waals surface area contributed by atoms with Gasteiger partial charge < -0.3 is 10.2 Å². The molecule has 0 bridgehead atoms. The number of carbonyl (C=O) groups is 1. The molecule has 2 unspecified atom stereocenters. The van der Waals surface area contributed by atoms with Gasteiger partial charge in [0.25, 0.3) is 0 Å². The Kier molecular flexibility index (Phi) is 4.78. The Morgan fingerprint density at radius 2 is 2.25 bits per heavy atom. The predicted octanol–water partition coefficient (Wildman–Crippen LogP) is 3.69. The van der Waals surface area contributed by atoms with Crippen molar-refractivity contribution in [1.29, 1.82) is 0 Å². The summed E-state index contributed by atoms with van der Waals surface area (Å²) in [4.78, 5) is 14.4. The van der Waals surface area contributed by atoms with E-state index in [0.717, 1.165) is 30.9 Å². The van der Waals surface area contributed by atoms with Gasteiger partial charge in [-0.15, -0.1) is 0 Å². The quantitative estimate of drug-likeness (QED) is 0.899. The number of nitrogens with zero attached hydrogens (tertiary/aromatic N) is 2. The first-order valence-electron chi connectivity index (χ1n) is 8.07. The number of hydrogen-bond donors (Lipinski definition) is 2. The van der Waals surface area contributed by atoms with Crippen LogP contribution in [0.2, 0.25) is 0 Å². The van der Waals surface area contributed by atoms with Crippen molar-refractivity contribution in [2.24, 2.45) is 0 Å². The minimum Gasteiger partial charge on any atom is -0.331 e. The van der Waals surface area contributed by atoms with Crippen molar-refractivity contribution in [1.82, 2.24) is 20.4 Å². The summed E-state index contributed by atoms with van der Waals surface area (Å²) in [5.41, 5.74) is 1.09. The number of hydrogen-bond acceptors (Lipinski definition) is 2. The largest absolute Gasteiger partial charge is 0.331 e. The number of rotatable bonds is 3. The lowest BCUT2D eigenvalue weighted by molar-refractivity contribution is 0.149. The lowest BCUT2D eigenvalue weighted by Crippen LogP contribution is -2.45. The van der Waals surface area contributed by atoms with Crippen molar-refractivity contribution in [3.63, 3.8) is 0 Å². The van der Waals surface area contributed by atoms with Crippen LogP contribution in [0.4, 0.5) is 13.6 Å². The van der Waals surface area contributed by atoms with Gasteiger partial charge in [0, 0.05) is 23.9 Å². The van der Waals surface area contributed by atoms with Gasteiger partial charge in [0.15, 0.2) is 11.6 Å². The SMILES string of the molecule is CC(NC(=O)N1CCCCC1c1cn[nH]c1)c1cccc(F)c1F. The van der Waals surface area contributed by atoms with E-state index in [4.69, 9.17) is 0 Å². The molecule has 0 aliphatic carbocycles.